The van der Waals surface area contributed by atoms with Crippen LogP contribution >= 0.6 is 0 Å². The minimum absolute atomic E-state index is 0.745. The molecule has 2 N–H and O–H groups in total. The Labute approximate surface area is 101 Å². The second kappa shape index (κ2) is 5.41. The summed E-state index contributed by atoms with van der Waals surface area (Å²) in [6, 6.07) is 7.75. The summed E-state index contributed by atoms with van der Waals surface area (Å²) in [5.74, 6) is 0. The molecule has 0 amide bonds. The molecule has 0 bridgehead atoms. The molecule has 0 unspecified atom stereocenters. The molecular weight excluding hydrogens is 212 g/mol. The van der Waals surface area contributed by atoms with Crippen molar-refractivity contribution in [1.82, 2.24) is 14.9 Å². The Balaban J connectivity index is 1.98. The Kier molecular flexibility index (Phi) is 3.67. The summed E-state index contributed by atoms with van der Waals surface area (Å²) in [7, 11) is 2.05. The zero-order valence-electron chi connectivity index (χ0n) is 9.87. The Hall–Kier alpha value is -1.94. The van der Waals surface area contributed by atoms with E-state index in [4.69, 9.17) is 5.73 Å². The maximum atomic E-state index is 5.86. The summed E-state index contributed by atoms with van der Waals surface area (Å²) in [6.07, 6.45) is 5.38. The number of aromatic nitrogens is 2. The molecule has 2 heterocycles. The average Bonchev–Trinajstić information content (AvgIpc) is 2.33. The lowest BCUT2D eigenvalue weighted by molar-refractivity contribution is 0.315. The van der Waals surface area contributed by atoms with E-state index >= 15 is 0 Å². The molecule has 0 atom stereocenters. The van der Waals surface area contributed by atoms with E-state index in [0.29, 0.717) is 0 Å². The molecule has 0 saturated carbocycles. The van der Waals surface area contributed by atoms with Gasteiger partial charge in [0.25, 0.3) is 0 Å². The van der Waals surface area contributed by atoms with E-state index in [0.717, 1.165) is 24.5 Å². The fourth-order valence-corrected chi connectivity index (χ4v) is 1.69. The van der Waals surface area contributed by atoms with Gasteiger partial charge >= 0.3 is 0 Å². The van der Waals surface area contributed by atoms with Crippen molar-refractivity contribution in [2.24, 2.45) is 0 Å². The molecule has 4 heteroatoms. The molecular formula is C13H16N4. The van der Waals surface area contributed by atoms with Crippen LogP contribution < -0.4 is 5.73 Å². The maximum absolute atomic E-state index is 5.86. The largest absolute Gasteiger partial charge is 0.397 e. The first-order valence-electron chi connectivity index (χ1n) is 5.52. The van der Waals surface area contributed by atoms with Crippen LogP contribution in [0.4, 0.5) is 5.69 Å². The van der Waals surface area contributed by atoms with Gasteiger partial charge in [0.05, 0.1) is 11.4 Å². The van der Waals surface area contributed by atoms with Crippen LogP contribution in [0.15, 0.2) is 42.9 Å². The minimum atomic E-state index is 0.745. The van der Waals surface area contributed by atoms with Gasteiger partial charge in [-0.2, -0.15) is 0 Å². The van der Waals surface area contributed by atoms with Crippen molar-refractivity contribution in [1.29, 1.82) is 0 Å². The monoisotopic (exact) mass is 228 g/mol. The van der Waals surface area contributed by atoms with E-state index in [9.17, 15) is 0 Å². The van der Waals surface area contributed by atoms with Gasteiger partial charge in [-0.1, -0.05) is 0 Å². The van der Waals surface area contributed by atoms with Crippen LogP contribution in [-0.2, 0) is 13.1 Å². The minimum Gasteiger partial charge on any atom is -0.397 e. The molecule has 88 valence electrons. The van der Waals surface area contributed by atoms with Gasteiger partial charge < -0.3 is 5.73 Å². The predicted octanol–water partition coefficient (Wildman–Crippen LogP) is 1.69. The van der Waals surface area contributed by atoms with Crippen molar-refractivity contribution in [3.8, 4) is 0 Å². The van der Waals surface area contributed by atoms with Crippen LogP contribution in [0, 0.1) is 0 Å². The molecule has 17 heavy (non-hydrogen) atoms. The molecule has 0 radical (unpaired) electrons. The number of nitrogens with two attached hydrogens (primary N) is 1. The van der Waals surface area contributed by atoms with Crippen LogP contribution in [0.2, 0.25) is 0 Å². The normalized spacial score (nSPS) is 10.7. The van der Waals surface area contributed by atoms with Crippen molar-refractivity contribution in [3.05, 3.63) is 54.1 Å². The van der Waals surface area contributed by atoms with Gasteiger partial charge in [0.15, 0.2) is 0 Å². The molecule has 0 spiro atoms. The van der Waals surface area contributed by atoms with Gasteiger partial charge in [-0.3, -0.25) is 14.9 Å². The molecule has 2 aromatic rings. The van der Waals surface area contributed by atoms with Crippen molar-refractivity contribution in [2.75, 3.05) is 12.8 Å². The standard InChI is InChI=1S/C13H16N4/c1-17(9-11-4-7-15-8-5-11)10-13-12(14)3-2-6-16-13/h2-8H,9-10,14H2,1H3. The zero-order valence-corrected chi connectivity index (χ0v) is 9.87. The maximum Gasteiger partial charge on any atom is 0.0772 e. The lowest BCUT2D eigenvalue weighted by Gasteiger charge is -2.16. The van der Waals surface area contributed by atoms with Crippen LogP contribution in [0.3, 0.4) is 0 Å². The number of hydrogen-bond donors (Lipinski definition) is 1. The zero-order chi connectivity index (χ0) is 12.1. The third-order valence-electron chi connectivity index (χ3n) is 2.55. The summed E-state index contributed by atoms with van der Waals surface area (Å²) in [6.45, 7) is 1.60. The number of hydrogen-bond acceptors (Lipinski definition) is 4. The summed E-state index contributed by atoms with van der Waals surface area (Å²) < 4.78 is 0. The van der Waals surface area contributed by atoms with E-state index in [1.165, 1.54) is 5.56 Å². The summed E-state index contributed by atoms with van der Waals surface area (Å²) in [5.41, 5.74) is 8.76. The van der Waals surface area contributed by atoms with Crippen LogP contribution in [0.5, 0.6) is 0 Å². The summed E-state index contributed by atoms with van der Waals surface area (Å²) in [5, 5.41) is 0. The lowest BCUT2D eigenvalue weighted by Crippen LogP contribution is -2.18. The van der Waals surface area contributed by atoms with Crippen molar-refractivity contribution in [2.45, 2.75) is 13.1 Å². The molecule has 2 aromatic heterocycles. The number of nitrogens with zero attached hydrogens (tertiary/aromatic N) is 3. The quantitative estimate of drug-likeness (QED) is 0.865. The van der Waals surface area contributed by atoms with Gasteiger partial charge in [-0.05, 0) is 36.9 Å². The van der Waals surface area contributed by atoms with Crippen molar-refractivity contribution >= 4 is 5.69 Å². The van der Waals surface area contributed by atoms with Crippen LogP contribution in [0.1, 0.15) is 11.3 Å². The van der Waals surface area contributed by atoms with Crippen molar-refractivity contribution < 1.29 is 0 Å². The SMILES string of the molecule is CN(Cc1ccncc1)Cc1ncccc1N. The third kappa shape index (κ3) is 3.26. The summed E-state index contributed by atoms with van der Waals surface area (Å²) in [4.78, 5) is 10.5. The first-order valence-corrected chi connectivity index (χ1v) is 5.52. The average molecular weight is 228 g/mol. The van der Waals surface area contributed by atoms with Gasteiger partial charge in [-0.25, -0.2) is 0 Å². The highest BCUT2D eigenvalue weighted by atomic mass is 15.1. The van der Waals surface area contributed by atoms with Crippen LogP contribution in [0.25, 0.3) is 0 Å². The second-order valence-corrected chi connectivity index (χ2v) is 4.07. The Morgan fingerprint density at radius 3 is 2.59 bits per heavy atom. The first-order chi connectivity index (χ1) is 8.25. The third-order valence-corrected chi connectivity index (χ3v) is 2.55. The van der Waals surface area contributed by atoms with Gasteiger partial charge in [0.2, 0.25) is 0 Å². The van der Waals surface area contributed by atoms with E-state index < -0.39 is 0 Å². The number of pyridine rings is 2. The number of nitrogen functional groups attached to an aromatic ring is 1. The molecule has 0 aliphatic carbocycles. The van der Waals surface area contributed by atoms with Gasteiger partial charge in [0, 0.05) is 31.7 Å². The van der Waals surface area contributed by atoms with E-state index in [2.05, 4.69) is 21.9 Å². The summed E-state index contributed by atoms with van der Waals surface area (Å²) >= 11 is 0. The molecule has 0 aliphatic rings. The fraction of sp³-hybridized carbons (Fsp3) is 0.231. The molecule has 0 aliphatic heterocycles. The highest BCUT2D eigenvalue weighted by molar-refractivity contribution is 5.41. The van der Waals surface area contributed by atoms with Crippen molar-refractivity contribution in [3.63, 3.8) is 0 Å². The molecule has 0 saturated heterocycles. The first kappa shape index (κ1) is 11.5. The van der Waals surface area contributed by atoms with Crippen LogP contribution in [-0.4, -0.2) is 21.9 Å². The fourth-order valence-electron chi connectivity index (χ4n) is 1.69. The highest BCUT2D eigenvalue weighted by Gasteiger charge is 2.05. The Morgan fingerprint density at radius 1 is 1.12 bits per heavy atom. The van der Waals surface area contributed by atoms with Gasteiger partial charge in [0.1, 0.15) is 0 Å². The van der Waals surface area contributed by atoms with E-state index in [-0.39, 0.29) is 0 Å². The van der Waals surface area contributed by atoms with E-state index in [1.54, 1.807) is 18.6 Å². The Morgan fingerprint density at radius 2 is 1.88 bits per heavy atom. The number of anilines is 1. The molecule has 0 aromatic carbocycles. The van der Waals surface area contributed by atoms with Gasteiger partial charge in [-0.15, -0.1) is 0 Å². The smallest absolute Gasteiger partial charge is 0.0772 e. The van der Waals surface area contributed by atoms with E-state index in [1.807, 2.05) is 24.3 Å². The molecule has 0 fully saturated rings. The number of rotatable bonds is 4. The second-order valence-electron chi connectivity index (χ2n) is 4.07. The molecule has 4 nitrogen and oxygen atoms in total. The molecule has 2 rings (SSSR count). The topological polar surface area (TPSA) is 55.0 Å². The Bertz CT molecular complexity index is 470. The predicted molar refractivity (Wildman–Crippen MR) is 68.1 cm³/mol. The highest BCUT2D eigenvalue weighted by Crippen LogP contribution is 2.11. The lowest BCUT2D eigenvalue weighted by atomic mass is 10.2.